The molecule has 0 N–H and O–H groups in total. The van der Waals surface area contributed by atoms with Crippen molar-refractivity contribution in [2.45, 2.75) is 13.8 Å². The third kappa shape index (κ3) is 3.68. The average molecular weight is 414 g/mol. The molecule has 1 aliphatic heterocycles. The van der Waals surface area contributed by atoms with E-state index in [1.54, 1.807) is 55.6 Å². The summed E-state index contributed by atoms with van der Waals surface area (Å²) in [5.41, 5.74) is 3.83. The van der Waals surface area contributed by atoms with Gasteiger partial charge in [0.05, 0.1) is 18.2 Å². The lowest BCUT2D eigenvalue weighted by molar-refractivity contribution is 0.0650. The summed E-state index contributed by atoms with van der Waals surface area (Å²) in [6, 6.07) is 19.0. The van der Waals surface area contributed by atoms with Gasteiger partial charge in [-0.25, -0.2) is 0 Å². The van der Waals surface area contributed by atoms with Crippen LogP contribution in [0.15, 0.2) is 66.7 Å². The van der Waals surface area contributed by atoms with Crippen LogP contribution >= 0.6 is 0 Å². The minimum Gasteiger partial charge on any atom is -0.497 e. The van der Waals surface area contributed by atoms with Crippen molar-refractivity contribution >= 4 is 23.4 Å². The van der Waals surface area contributed by atoms with Crippen LogP contribution in [0, 0.1) is 13.8 Å². The number of nitrogens with zero attached hydrogens (tertiary/aromatic N) is 2. The Kier molecular flexibility index (Phi) is 5.29. The van der Waals surface area contributed by atoms with E-state index in [-0.39, 0.29) is 12.6 Å². The number of rotatable bonds is 5. The molecule has 0 aromatic heterocycles. The first-order valence-corrected chi connectivity index (χ1v) is 9.89. The van der Waals surface area contributed by atoms with Crippen LogP contribution in [-0.4, -0.2) is 36.4 Å². The van der Waals surface area contributed by atoms with Crippen molar-refractivity contribution in [2.75, 3.05) is 18.7 Å². The molecule has 4 rings (SSSR count). The summed E-state index contributed by atoms with van der Waals surface area (Å²) < 4.78 is 5.17. The topological polar surface area (TPSA) is 66.9 Å². The number of benzene rings is 3. The van der Waals surface area contributed by atoms with E-state index in [2.05, 4.69) is 0 Å². The first-order chi connectivity index (χ1) is 14.9. The van der Waals surface area contributed by atoms with Gasteiger partial charge in [0.15, 0.2) is 0 Å². The highest BCUT2D eigenvalue weighted by Gasteiger charge is 2.37. The molecule has 3 aromatic carbocycles. The van der Waals surface area contributed by atoms with E-state index in [0.717, 1.165) is 16.0 Å². The summed E-state index contributed by atoms with van der Waals surface area (Å²) in [4.78, 5) is 41.8. The first kappa shape index (κ1) is 20.3. The van der Waals surface area contributed by atoms with E-state index in [9.17, 15) is 14.4 Å². The maximum absolute atomic E-state index is 13.5. The number of aryl methyl sites for hydroxylation is 2. The Morgan fingerprint density at radius 3 is 2.03 bits per heavy atom. The number of methoxy groups -OCH3 is 1. The van der Waals surface area contributed by atoms with Crippen LogP contribution in [-0.2, 0) is 0 Å². The number of anilines is 1. The SMILES string of the molecule is COc1ccc(C(=O)N(CN2C(=O)c3ccccc3C2=O)c2ccc(C)c(C)c2)cc1. The zero-order chi connectivity index (χ0) is 22.1. The van der Waals surface area contributed by atoms with E-state index in [1.807, 2.05) is 32.0 Å². The van der Waals surface area contributed by atoms with Crippen LogP contribution in [0.25, 0.3) is 0 Å². The number of carbonyl (C=O) groups excluding carboxylic acids is 3. The molecule has 0 atom stereocenters. The number of fused-ring (bicyclic) bond motifs is 1. The van der Waals surface area contributed by atoms with Crippen molar-refractivity contribution in [3.63, 3.8) is 0 Å². The highest BCUT2D eigenvalue weighted by atomic mass is 16.5. The van der Waals surface area contributed by atoms with Crippen LogP contribution in [0.2, 0.25) is 0 Å². The molecule has 3 amide bonds. The third-order valence-electron chi connectivity index (χ3n) is 5.55. The standard InChI is InChI=1S/C25H22N2O4/c1-16-8-11-19(14-17(16)2)26(23(28)18-9-12-20(31-3)13-10-18)15-27-24(29)21-6-4-5-7-22(21)25(27)30/h4-14H,15H2,1-3H3. The zero-order valence-corrected chi connectivity index (χ0v) is 17.6. The molecule has 31 heavy (non-hydrogen) atoms. The molecular weight excluding hydrogens is 392 g/mol. The van der Waals surface area contributed by atoms with E-state index < -0.39 is 11.8 Å². The minimum absolute atomic E-state index is 0.181. The molecule has 6 heteroatoms. The van der Waals surface area contributed by atoms with E-state index in [1.165, 1.54) is 4.90 Å². The number of carbonyl (C=O) groups is 3. The summed E-state index contributed by atoms with van der Waals surface area (Å²) in [6.07, 6.45) is 0. The quantitative estimate of drug-likeness (QED) is 0.587. The second kappa shape index (κ2) is 8.07. The summed E-state index contributed by atoms with van der Waals surface area (Å²) >= 11 is 0. The van der Waals surface area contributed by atoms with Gasteiger partial charge in [-0.2, -0.15) is 0 Å². The van der Waals surface area contributed by atoms with Gasteiger partial charge in [0.25, 0.3) is 17.7 Å². The molecule has 1 aliphatic rings. The predicted octanol–water partition coefficient (Wildman–Crippen LogP) is 4.21. The van der Waals surface area contributed by atoms with Crippen molar-refractivity contribution in [3.8, 4) is 5.75 Å². The largest absolute Gasteiger partial charge is 0.497 e. The molecule has 0 aliphatic carbocycles. The third-order valence-corrected chi connectivity index (χ3v) is 5.55. The van der Waals surface area contributed by atoms with Gasteiger partial charge in [-0.1, -0.05) is 18.2 Å². The van der Waals surface area contributed by atoms with Crippen molar-refractivity contribution in [1.82, 2.24) is 4.90 Å². The molecule has 0 unspecified atom stereocenters. The average Bonchev–Trinajstić information content (AvgIpc) is 3.03. The summed E-state index contributed by atoms with van der Waals surface area (Å²) in [5.74, 6) is -0.494. The van der Waals surface area contributed by atoms with E-state index >= 15 is 0 Å². The van der Waals surface area contributed by atoms with Gasteiger partial charge in [0.2, 0.25) is 0 Å². The Morgan fingerprint density at radius 2 is 1.48 bits per heavy atom. The number of hydrogen-bond acceptors (Lipinski definition) is 4. The highest BCUT2D eigenvalue weighted by molar-refractivity contribution is 6.22. The number of amides is 3. The molecule has 6 nitrogen and oxygen atoms in total. The van der Waals surface area contributed by atoms with Gasteiger partial charge in [-0.15, -0.1) is 0 Å². The second-order valence-electron chi connectivity index (χ2n) is 7.46. The fourth-order valence-corrected chi connectivity index (χ4v) is 3.56. The Morgan fingerprint density at radius 1 is 0.871 bits per heavy atom. The van der Waals surface area contributed by atoms with Crippen LogP contribution in [0.3, 0.4) is 0 Å². The van der Waals surface area contributed by atoms with E-state index in [4.69, 9.17) is 4.74 Å². The monoisotopic (exact) mass is 414 g/mol. The Bertz CT molecular complexity index is 1150. The normalized spacial score (nSPS) is 12.7. The molecule has 0 saturated heterocycles. The molecule has 1 heterocycles. The molecule has 0 bridgehead atoms. The predicted molar refractivity (Wildman–Crippen MR) is 118 cm³/mol. The lowest BCUT2D eigenvalue weighted by atomic mass is 10.1. The van der Waals surface area contributed by atoms with Crippen molar-refractivity contribution in [2.24, 2.45) is 0 Å². The molecule has 3 aromatic rings. The van der Waals surface area contributed by atoms with Crippen molar-refractivity contribution in [1.29, 1.82) is 0 Å². The fourth-order valence-electron chi connectivity index (χ4n) is 3.56. The maximum Gasteiger partial charge on any atom is 0.263 e. The first-order valence-electron chi connectivity index (χ1n) is 9.89. The smallest absolute Gasteiger partial charge is 0.263 e. The van der Waals surface area contributed by atoms with Gasteiger partial charge >= 0.3 is 0 Å². The highest BCUT2D eigenvalue weighted by Crippen LogP contribution is 2.27. The molecule has 0 radical (unpaired) electrons. The van der Waals surface area contributed by atoms with Gasteiger partial charge in [0, 0.05) is 11.3 Å². The van der Waals surface area contributed by atoms with Gasteiger partial charge in [-0.05, 0) is 73.5 Å². The van der Waals surface area contributed by atoms with Crippen molar-refractivity contribution in [3.05, 3.63) is 94.5 Å². The Hall–Kier alpha value is -3.93. The van der Waals surface area contributed by atoms with E-state index in [0.29, 0.717) is 28.1 Å². The number of imide groups is 1. The minimum atomic E-state index is -0.406. The fraction of sp³-hybridized carbons (Fsp3) is 0.160. The second-order valence-corrected chi connectivity index (χ2v) is 7.46. The van der Waals surface area contributed by atoms with Crippen LogP contribution in [0.4, 0.5) is 5.69 Å². The molecule has 156 valence electrons. The van der Waals surface area contributed by atoms with Gasteiger partial charge in [0.1, 0.15) is 12.4 Å². The summed E-state index contributed by atoms with van der Waals surface area (Å²) in [6.45, 7) is 3.76. The van der Waals surface area contributed by atoms with Crippen LogP contribution < -0.4 is 9.64 Å². The van der Waals surface area contributed by atoms with Gasteiger partial charge in [-0.3, -0.25) is 24.2 Å². The Balaban J connectivity index is 1.72. The molecule has 0 spiro atoms. The zero-order valence-electron chi connectivity index (χ0n) is 17.6. The van der Waals surface area contributed by atoms with Crippen LogP contribution in [0.5, 0.6) is 5.75 Å². The number of hydrogen-bond donors (Lipinski definition) is 0. The van der Waals surface area contributed by atoms with Gasteiger partial charge < -0.3 is 4.74 Å². The summed E-state index contributed by atoms with van der Waals surface area (Å²) in [7, 11) is 1.56. The number of ether oxygens (including phenoxy) is 1. The maximum atomic E-state index is 13.5. The van der Waals surface area contributed by atoms with Crippen molar-refractivity contribution < 1.29 is 19.1 Å². The molecule has 0 fully saturated rings. The Labute approximate surface area is 180 Å². The molecule has 0 saturated carbocycles. The molecular formula is C25H22N2O4. The van der Waals surface area contributed by atoms with Crippen LogP contribution in [0.1, 0.15) is 42.2 Å². The lowest BCUT2D eigenvalue weighted by Crippen LogP contribution is -2.44. The lowest BCUT2D eigenvalue weighted by Gasteiger charge is -2.27. The summed E-state index contributed by atoms with van der Waals surface area (Å²) in [5, 5.41) is 0.